The second kappa shape index (κ2) is 6.52. The molecule has 0 aliphatic heterocycles. The summed E-state index contributed by atoms with van der Waals surface area (Å²) < 4.78 is 0. The van der Waals surface area contributed by atoms with Crippen LogP contribution in [0.25, 0.3) is 10.8 Å². The summed E-state index contributed by atoms with van der Waals surface area (Å²) in [4.78, 5) is 33.7. The third-order valence-electron chi connectivity index (χ3n) is 3.76. The predicted molar refractivity (Wildman–Crippen MR) is 93.6 cm³/mol. The van der Waals surface area contributed by atoms with Crippen molar-refractivity contribution < 1.29 is 24.7 Å². The molecule has 130 valence electrons. The zero-order valence-corrected chi connectivity index (χ0v) is 13.2. The van der Waals surface area contributed by atoms with Crippen molar-refractivity contribution in [3.8, 4) is 5.75 Å². The molecule has 0 aliphatic carbocycles. The van der Waals surface area contributed by atoms with Gasteiger partial charge in [0.05, 0.1) is 4.92 Å². The minimum absolute atomic E-state index is 0.150. The average molecular weight is 352 g/mol. The Morgan fingerprint density at radius 1 is 1.00 bits per heavy atom. The van der Waals surface area contributed by atoms with E-state index in [0.29, 0.717) is 10.8 Å². The van der Waals surface area contributed by atoms with E-state index in [1.165, 1.54) is 48.5 Å². The van der Waals surface area contributed by atoms with Crippen molar-refractivity contribution in [2.75, 3.05) is 5.32 Å². The Balaban J connectivity index is 1.93. The number of phenols is 1. The van der Waals surface area contributed by atoms with Crippen molar-refractivity contribution in [2.45, 2.75) is 0 Å². The van der Waals surface area contributed by atoms with Crippen molar-refractivity contribution in [2.24, 2.45) is 0 Å². The first kappa shape index (κ1) is 16.9. The van der Waals surface area contributed by atoms with Crippen LogP contribution in [0.15, 0.2) is 54.6 Å². The summed E-state index contributed by atoms with van der Waals surface area (Å²) in [6.07, 6.45) is 0. The number of aromatic hydroxyl groups is 1. The van der Waals surface area contributed by atoms with Crippen LogP contribution in [0, 0.1) is 10.1 Å². The van der Waals surface area contributed by atoms with Crippen LogP contribution in [-0.2, 0) is 0 Å². The Hall–Kier alpha value is -3.94. The van der Waals surface area contributed by atoms with Crippen LogP contribution in [0.5, 0.6) is 5.75 Å². The fourth-order valence-corrected chi connectivity index (χ4v) is 2.50. The van der Waals surface area contributed by atoms with Crippen molar-refractivity contribution in [1.82, 2.24) is 0 Å². The fraction of sp³-hybridized carbons (Fsp3) is 0. The number of fused-ring (bicyclic) bond motifs is 1. The van der Waals surface area contributed by atoms with Crippen LogP contribution in [-0.4, -0.2) is 27.0 Å². The van der Waals surface area contributed by atoms with Crippen LogP contribution < -0.4 is 5.32 Å². The molecule has 26 heavy (non-hydrogen) atoms. The lowest BCUT2D eigenvalue weighted by atomic mass is 10.0. The molecule has 8 nitrogen and oxygen atoms in total. The number of aromatic carboxylic acids is 1. The first-order valence-corrected chi connectivity index (χ1v) is 7.41. The molecule has 0 heterocycles. The molecular weight excluding hydrogens is 340 g/mol. The molecule has 0 bridgehead atoms. The van der Waals surface area contributed by atoms with E-state index in [0.717, 1.165) is 0 Å². The molecule has 3 N–H and O–H groups in total. The van der Waals surface area contributed by atoms with Gasteiger partial charge >= 0.3 is 5.97 Å². The fourth-order valence-electron chi connectivity index (χ4n) is 2.50. The number of carbonyl (C=O) groups excluding carboxylic acids is 1. The summed E-state index contributed by atoms with van der Waals surface area (Å²) >= 11 is 0. The smallest absolute Gasteiger partial charge is 0.339 e. The molecule has 0 aromatic heterocycles. The van der Waals surface area contributed by atoms with Gasteiger partial charge in [0.15, 0.2) is 0 Å². The maximum atomic E-state index is 12.4. The number of nitro benzene ring substituents is 1. The Morgan fingerprint density at radius 2 is 1.77 bits per heavy atom. The quantitative estimate of drug-likeness (QED) is 0.487. The number of nitro groups is 1. The third-order valence-corrected chi connectivity index (χ3v) is 3.76. The molecule has 3 rings (SSSR count). The average Bonchev–Trinajstić information content (AvgIpc) is 2.60. The molecule has 3 aromatic carbocycles. The molecule has 0 spiro atoms. The van der Waals surface area contributed by atoms with Crippen LogP contribution in [0.3, 0.4) is 0 Å². The zero-order valence-electron chi connectivity index (χ0n) is 13.2. The monoisotopic (exact) mass is 352 g/mol. The van der Waals surface area contributed by atoms with Gasteiger partial charge in [0.1, 0.15) is 11.3 Å². The van der Waals surface area contributed by atoms with Crippen molar-refractivity contribution in [1.29, 1.82) is 0 Å². The largest absolute Gasteiger partial charge is 0.507 e. The van der Waals surface area contributed by atoms with Gasteiger partial charge in [0.25, 0.3) is 11.6 Å². The number of hydrogen-bond acceptors (Lipinski definition) is 5. The molecule has 3 aromatic rings. The van der Waals surface area contributed by atoms with Gasteiger partial charge in [-0.1, -0.05) is 12.1 Å². The number of benzene rings is 3. The van der Waals surface area contributed by atoms with Gasteiger partial charge in [0.2, 0.25) is 0 Å². The summed E-state index contributed by atoms with van der Waals surface area (Å²) in [7, 11) is 0. The van der Waals surface area contributed by atoms with Crippen LogP contribution in [0.4, 0.5) is 11.4 Å². The van der Waals surface area contributed by atoms with E-state index in [9.17, 15) is 24.8 Å². The van der Waals surface area contributed by atoms with E-state index in [1.54, 1.807) is 6.07 Å². The number of anilines is 1. The lowest BCUT2D eigenvalue weighted by molar-refractivity contribution is -0.384. The molecule has 0 unspecified atom stereocenters. The predicted octanol–water partition coefficient (Wildman–Crippen LogP) is 3.40. The zero-order chi connectivity index (χ0) is 18.8. The minimum atomic E-state index is -1.28. The summed E-state index contributed by atoms with van der Waals surface area (Å²) in [6.45, 7) is 0. The van der Waals surface area contributed by atoms with Gasteiger partial charge in [0, 0.05) is 23.4 Å². The number of carboxylic acids is 1. The summed E-state index contributed by atoms with van der Waals surface area (Å²) in [6, 6.07) is 12.7. The Bertz CT molecular complexity index is 1060. The number of carboxylic acid groups (broad SMARTS) is 1. The molecule has 0 fully saturated rings. The van der Waals surface area contributed by atoms with Crippen LogP contribution in [0.1, 0.15) is 20.7 Å². The SMILES string of the molecule is O=C(Nc1cccc([N+](=O)[O-])c1)c1ccc2cc(O)c(C(=O)O)cc2c1. The maximum absolute atomic E-state index is 12.4. The van der Waals surface area contributed by atoms with E-state index in [1.807, 2.05) is 0 Å². The van der Waals surface area contributed by atoms with Crippen molar-refractivity contribution >= 4 is 34.0 Å². The van der Waals surface area contributed by atoms with Crippen LogP contribution in [0.2, 0.25) is 0 Å². The van der Waals surface area contributed by atoms with E-state index >= 15 is 0 Å². The van der Waals surface area contributed by atoms with Crippen molar-refractivity contribution in [3.63, 3.8) is 0 Å². The highest BCUT2D eigenvalue weighted by atomic mass is 16.6. The molecule has 0 aliphatic rings. The van der Waals surface area contributed by atoms with Gasteiger partial charge in [-0.2, -0.15) is 0 Å². The highest BCUT2D eigenvalue weighted by Crippen LogP contribution is 2.26. The number of rotatable bonds is 4. The lowest BCUT2D eigenvalue weighted by Crippen LogP contribution is -2.12. The molecule has 0 saturated carbocycles. The third kappa shape index (κ3) is 3.29. The normalized spacial score (nSPS) is 10.5. The summed E-state index contributed by atoms with van der Waals surface area (Å²) in [5.41, 5.74) is 0.0869. The summed E-state index contributed by atoms with van der Waals surface area (Å²) in [5, 5.41) is 33.2. The molecular formula is C18H12N2O6. The number of non-ortho nitro benzene ring substituents is 1. The van der Waals surface area contributed by atoms with Gasteiger partial charge < -0.3 is 15.5 Å². The lowest BCUT2D eigenvalue weighted by Gasteiger charge is -2.08. The summed E-state index contributed by atoms with van der Waals surface area (Å²) in [5.74, 6) is -2.15. The highest BCUT2D eigenvalue weighted by Gasteiger charge is 2.14. The molecule has 1 amide bonds. The minimum Gasteiger partial charge on any atom is -0.507 e. The van der Waals surface area contributed by atoms with Gasteiger partial charge in [-0.15, -0.1) is 0 Å². The van der Waals surface area contributed by atoms with E-state index in [-0.39, 0.29) is 28.3 Å². The van der Waals surface area contributed by atoms with Gasteiger partial charge in [-0.25, -0.2) is 4.79 Å². The molecule has 8 heteroatoms. The molecule has 0 radical (unpaired) electrons. The highest BCUT2D eigenvalue weighted by molar-refractivity contribution is 6.07. The molecule has 0 atom stereocenters. The number of carbonyl (C=O) groups is 2. The van der Waals surface area contributed by atoms with Crippen molar-refractivity contribution in [3.05, 3.63) is 75.8 Å². The Morgan fingerprint density at radius 3 is 2.46 bits per heavy atom. The second-order valence-electron chi connectivity index (χ2n) is 5.50. The van der Waals surface area contributed by atoms with Crippen LogP contribution >= 0.6 is 0 Å². The topological polar surface area (TPSA) is 130 Å². The standard InChI is InChI=1S/C18H12N2O6/c21-16-8-10-4-5-11(6-12(10)7-15(16)18(23)24)17(22)19-13-2-1-3-14(9-13)20(25)26/h1-9,21H,(H,19,22)(H,23,24). The van der Waals surface area contributed by atoms with E-state index < -0.39 is 16.8 Å². The first-order valence-electron chi connectivity index (χ1n) is 7.41. The van der Waals surface area contributed by atoms with Gasteiger partial charge in [-0.05, 0) is 41.1 Å². The second-order valence-corrected chi connectivity index (χ2v) is 5.50. The van der Waals surface area contributed by atoms with Gasteiger partial charge in [-0.3, -0.25) is 14.9 Å². The number of nitrogens with zero attached hydrogens (tertiary/aromatic N) is 1. The Kier molecular flexibility index (Phi) is 4.24. The first-order chi connectivity index (χ1) is 12.3. The Labute approximate surface area is 146 Å². The molecule has 0 saturated heterocycles. The van der Waals surface area contributed by atoms with E-state index in [2.05, 4.69) is 5.32 Å². The number of hydrogen-bond donors (Lipinski definition) is 3. The number of nitrogens with one attached hydrogen (secondary N) is 1. The number of amides is 1. The maximum Gasteiger partial charge on any atom is 0.339 e. The van der Waals surface area contributed by atoms with E-state index in [4.69, 9.17) is 5.11 Å².